The quantitative estimate of drug-likeness (QED) is 0.523. The van der Waals surface area contributed by atoms with Gasteiger partial charge in [0, 0.05) is 25.2 Å². The number of hydrogen-bond acceptors (Lipinski definition) is 3. The van der Waals surface area contributed by atoms with Gasteiger partial charge in [0.25, 0.3) is 0 Å². The predicted molar refractivity (Wildman–Crippen MR) is 72.3 cm³/mol. The third-order valence-corrected chi connectivity index (χ3v) is 2.44. The number of hydrogen-bond donors (Lipinski definition) is 0. The second-order valence-corrected chi connectivity index (χ2v) is 4.41. The Bertz CT molecular complexity index is 355. The molecule has 0 heterocycles. The van der Waals surface area contributed by atoms with Crippen LogP contribution in [-0.2, 0) is 4.74 Å². The van der Waals surface area contributed by atoms with Crippen LogP contribution in [0.5, 0.6) is 5.75 Å². The van der Waals surface area contributed by atoms with Crippen molar-refractivity contribution >= 4 is 5.78 Å². The molecule has 3 nitrogen and oxygen atoms in total. The van der Waals surface area contributed by atoms with Gasteiger partial charge >= 0.3 is 0 Å². The highest BCUT2D eigenvalue weighted by Gasteiger charge is 2.06. The molecule has 0 fully saturated rings. The molecule has 0 saturated carbocycles. The molecule has 1 rings (SSSR count). The molecule has 0 aliphatic heterocycles. The van der Waals surface area contributed by atoms with E-state index in [1.54, 1.807) is 0 Å². The number of ether oxygens (including phenoxy) is 2. The number of carbonyl (C=O) groups is 1. The zero-order valence-corrected chi connectivity index (χ0v) is 11.4. The van der Waals surface area contributed by atoms with E-state index < -0.39 is 0 Å². The van der Waals surface area contributed by atoms with E-state index in [2.05, 4.69) is 0 Å². The SMILES string of the molecule is CCOCCCC(=O)c1ccc(OC(C)C)cc1. The van der Waals surface area contributed by atoms with Crippen LogP contribution in [0.3, 0.4) is 0 Å². The summed E-state index contributed by atoms with van der Waals surface area (Å²) in [5.41, 5.74) is 0.739. The summed E-state index contributed by atoms with van der Waals surface area (Å²) in [6.07, 6.45) is 1.46. The second kappa shape index (κ2) is 7.88. The average Bonchev–Trinajstić information content (AvgIpc) is 2.34. The maximum absolute atomic E-state index is 11.8. The lowest BCUT2D eigenvalue weighted by molar-refractivity contribution is 0.0947. The summed E-state index contributed by atoms with van der Waals surface area (Å²) in [5.74, 6) is 0.960. The highest BCUT2D eigenvalue weighted by atomic mass is 16.5. The van der Waals surface area contributed by atoms with Crippen molar-refractivity contribution in [1.82, 2.24) is 0 Å². The molecular formula is C15H22O3. The molecule has 0 aliphatic carbocycles. The molecule has 18 heavy (non-hydrogen) atoms. The van der Waals surface area contributed by atoms with Crippen molar-refractivity contribution in [2.75, 3.05) is 13.2 Å². The first-order valence-electron chi connectivity index (χ1n) is 6.51. The third kappa shape index (κ3) is 5.32. The zero-order valence-electron chi connectivity index (χ0n) is 11.4. The topological polar surface area (TPSA) is 35.5 Å². The monoisotopic (exact) mass is 250 g/mol. The van der Waals surface area contributed by atoms with Gasteiger partial charge in [-0.05, 0) is 51.5 Å². The molecule has 100 valence electrons. The van der Waals surface area contributed by atoms with Gasteiger partial charge in [-0.25, -0.2) is 0 Å². The summed E-state index contributed by atoms with van der Waals surface area (Å²) in [6.45, 7) is 7.26. The van der Waals surface area contributed by atoms with Crippen LogP contribution >= 0.6 is 0 Å². The molecule has 0 unspecified atom stereocenters. The van der Waals surface area contributed by atoms with Crippen LogP contribution in [0.2, 0.25) is 0 Å². The van der Waals surface area contributed by atoms with E-state index in [0.717, 1.165) is 17.7 Å². The Balaban J connectivity index is 2.43. The first kappa shape index (κ1) is 14.7. The maximum Gasteiger partial charge on any atom is 0.162 e. The van der Waals surface area contributed by atoms with E-state index in [0.29, 0.717) is 19.6 Å². The minimum atomic E-state index is 0.151. The molecular weight excluding hydrogens is 228 g/mol. The van der Waals surface area contributed by atoms with Crippen LogP contribution in [0, 0.1) is 0 Å². The van der Waals surface area contributed by atoms with Crippen LogP contribution in [0.15, 0.2) is 24.3 Å². The number of benzene rings is 1. The van der Waals surface area contributed by atoms with Gasteiger partial charge in [0.1, 0.15) is 5.75 Å². The molecule has 0 atom stereocenters. The summed E-state index contributed by atoms with van der Waals surface area (Å²) in [4.78, 5) is 11.8. The highest BCUT2D eigenvalue weighted by Crippen LogP contribution is 2.15. The van der Waals surface area contributed by atoms with Crippen LogP contribution in [0.4, 0.5) is 0 Å². The first-order valence-corrected chi connectivity index (χ1v) is 6.51. The Kier molecular flexibility index (Phi) is 6.44. The van der Waals surface area contributed by atoms with Gasteiger partial charge in [-0.1, -0.05) is 0 Å². The second-order valence-electron chi connectivity index (χ2n) is 4.41. The predicted octanol–water partition coefficient (Wildman–Crippen LogP) is 3.47. The lowest BCUT2D eigenvalue weighted by Gasteiger charge is -2.09. The maximum atomic E-state index is 11.8. The molecule has 1 aromatic carbocycles. The Morgan fingerprint density at radius 2 is 1.89 bits per heavy atom. The fourth-order valence-electron chi connectivity index (χ4n) is 1.62. The van der Waals surface area contributed by atoms with Crippen molar-refractivity contribution in [3.8, 4) is 5.75 Å². The highest BCUT2D eigenvalue weighted by molar-refractivity contribution is 5.96. The summed E-state index contributed by atoms with van der Waals surface area (Å²) in [6, 6.07) is 7.33. The molecule has 0 radical (unpaired) electrons. The van der Waals surface area contributed by atoms with Gasteiger partial charge in [0.2, 0.25) is 0 Å². The molecule has 3 heteroatoms. The molecule has 0 amide bonds. The van der Waals surface area contributed by atoms with E-state index >= 15 is 0 Å². The minimum Gasteiger partial charge on any atom is -0.491 e. The van der Waals surface area contributed by atoms with Gasteiger partial charge in [-0.3, -0.25) is 4.79 Å². The van der Waals surface area contributed by atoms with Crippen LogP contribution in [0.25, 0.3) is 0 Å². The molecule has 0 saturated heterocycles. The van der Waals surface area contributed by atoms with Crippen LogP contribution in [-0.4, -0.2) is 25.1 Å². The third-order valence-electron chi connectivity index (χ3n) is 2.44. The Labute approximate surface area is 109 Å². The zero-order chi connectivity index (χ0) is 13.4. The van der Waals surface area contributed by atoms with E-state index in [1.165, 1.54) is 0 Å². The van der Waals surface area contributed by atoms with E-state index in [1.807, 2.05) is 45.0 Å². The van der Waals surface area contributed by atoms with Gasteiger partial charge in [0.15, 0.2) is 5.78 Å². The van der Waals surface area contributed by atoms with Crippen molar-refractivity contribution in [2.24, 2.45) is 0 Å². The van der Waals surface area contributed by atoms with Crippen molar-refractivity contribution in [1.29, 1.82) is 0 Å². The molecule has 0 aliphatic rings. The lowest BCUT2D eigenvalue weighted by Crippen LogP contribution is -2.06. The molecule has 1 aromatic rings. The van der Waals surface area contributed by atoms with Crippen LogP contribution in [0.1, 0.15) is 44.0 Å². The summed E-state index contributed by atoms with van der Waals surface area (Å²) in [7, 11) is 0. The summed E-state index contributed by atoms with van der Waals surface area (Å²) >= 11 is 0. The summed E-state index contributed by atoms with van der Waals surface area (Å²) in [5, 5.41) is 0. The smallest absolute Gasteiger partial charge is 0.162 e. The van der Waals surface area contributed by atoms with Crippen LogP contribution < -0.4 is 4.74 Å². The van der Waals surface area contributed by atoms with Gasteiger partial charge < -0.3 is 9.47 Å². The molecule has 0 aromatic heterocycles. The number of rotatable bonds is 8. The first-order chi connectivity index (χ1) is 8.63. The normalized spacial score (nSPS) is 10.7. The van der Waals surface area contributed by atoms with Crippen molar-refractivity contribution in [3.05, 3.63) is 29.8 Å². The van der Waals surface area contributed by atoms with Gasteiger partial charge in [0.05, 0.1) is 6.10 Å². The molecule has 0 spiro atoms. The largest absolute Gasteiger partial charge is 0.491 e. The molecule has 0 N–H and O–H groups in total. The minimum absolute atomic E-state index is 0.151. The standard InChI is InChI=1S/C15H22O3/c1-4-17-11-5-6-15(16)13-7-9-14(10-8-13)18-12(2)3/h7-10,12H,4-6,11H2,1-3H3. The number of carbonyl (C=O) groups excluding carboxylic acids is 1. The van der Waals surface area contributed by atoms with E-state index in [-0.39, 0.29) is 11.9 Å². The number of ketones is 1. The number of Topliss-reactive ketones (excluding diaryl/α,β-unsaturated/α-hetero) is 1. The Morgan fingerprint density at radius 3 is 2.44 bits per heavy atom. The van der Waals surface area contributed by atoms with Crippen molar-refractivity contribution in [2.45, 2.75) is 39.7 Å². The van der Waals surface area contributed by atoms with Gasteiger partial charge in [-0.15, -0.1) is 0 Å². The molecule has 0 bridgehead atoms. The Morgan fingerprint density at radius 1 is 1.22 bits per heavy atom. The van der Waals surface area contributed by atoms with Gasteiger partial charge in [-0.2, -0.15) is 0 Å². The Hall–Kier alpha value is -1.35. The lowest BCUT2D eigenvalue weighted by atomic mass is 10.1. The van der Waals surface area contributed by atoms with E-state index in [9.17, 15) is 4.79 Å². The van der Waals surface area contributed by atoms with Crippen molar-refractivity contribution < 1.29 is 14.3 Å². The summed E-state index contributed by atoms with van der Waals surface area (Å²) < 4.78 is 10.7. The average molecular weight is 250 g/mol. The fourth-order valence-corrected chi connectivity index (χ4v) is 1.62. The van der Waals surface area contributed by atoms with Crippen molar-refractivity contribution in [3.63, 3.8) is 0 Å². The fraction of sp³-hybridized carbons (Fsp3) is 0.533. The van der Waals surface area contributed by atoms with E-state index in [4.69, 9.17) is 9.47 Å².